The van der Waals surface area contributed by atoms with Gasteiger partial charge in [-0.15, -0.1) is 0 Å². The van der Waals surface area contributed by atoms with Crippen LogP contribution < -0.4 is 10.9 Å². The van der Waals surface area contributed by atoms with Crippen LogP contribution in [0.3, 0.4) is 0 Å². The minimum Gasteiger partial charge on any atom is -0.465 e. The molecule has 114 valence electrons. The molecule has 1 aliphatic carbocycles. The van der Waals surface area contributed by atoms with Crippen molar-refractivity contribution in [1.82, 2.24) is 4.57 Å². The van der Waals surface area contributed by atoms with Crippen LogP contribution in [0.5, 0.6) is 0 Å². The zero-order chi connectivity index (χ0) is 15.7. The maximum Gasteiger partial charge on any atom is 0.409 e. The average molecular weight is 319 g/mol. The number of rotatable bonds is 4. The minimum absolute atomic E-state index is 0.0592. The molecule has 0 saturated heterocycles. The molecular formula is C16H15ClN2O3. The molecule has 2 N–H and O–H groups in total. The zero-order valence-electron chi connectivity index (χ0n) is 11.8. The van der Waals surface area contributed by atoms with Crippen LogP contribution in [0.1, 0.15) is 12.8 Å². The van der Waals surface area contributed by atoms with E-state index in [1.54, 1.807) is 16.7 Å². The summed E-state index contributed by atoms with van der Waals surface area (Å²) in [6.45, 7) is 0.578. The number of hydrogen-bond donors (Lipinski definition) is 2. The number of carboxylic acid groups (broad SMARTS) is 1. The molecule has 0 spiro atoms. The Hall–Kier alpha value is -2.27. The van der Waals surface area contributed by atoms with Crippen molar-refractivity contribution in [1.29, 1.82) is 0 Å². The van der Waals surface area contributed by atoms with Crippen molar-refractivity contribution in [3.05, 3.63) is 51.8 Å². The van der Waals surface area contributed by atoms with Crippen molar-refractivity contribution in [2.75, 3.05) is 5.32 Å². The predicted octanol–water partition coefficient (Wildman–Crippen LogP) is 3.67. The third kappa shape index (κ3) is 2.99. The fraction of sp³-hybridized carbons (Fsp3) is 0.250. The molecule has 6 heteroatoms. The van der Waals surface area contributed by atoms with Crippen molar-refractivity contribution in [2.45, 2.75) is 19.4 Å². The molecule has 0 aliphatic heterocycles. The Morgan fingerprint density at radius 3 is 2.64 bits per heavy atom. The molecule has 1 heterocycles. The van der Waals surface area contributed by atoms with E-state index in [9.17, 15) is 9.59 Å². The first-order valence-corrected chi connectivity index (χ1v) is 7.43. The summed E-state index contributed by atoms with van der Waals surface area (Å²) in [4.78, 5) is 23.4. The van der Waals surface area contributed by atoms with Crippen LogP contribution in [0, 0.1) is 5.92 Å². The number of carbonyl (C=O) groups is 1. The second kappa shape index (κ2) is 5.85. The highest BCUT2D eigenvalue weighted by Gasteiger charge is 2.24. The van der Waals surface area contributed by atoms with Crippen LogP contribution in [-0.2, 0) is 6.54 Å². The van der Waals surface area contributed by atoms with Crippen LogP contribution in [0.2, 0.25) is 5.02 Å². The highest BCUT2D eigenvalue weighted by molar-refractivity contribution is 6.33. The lowest BCUT2D eigenvalue weighted by Crippen LogP contribution is -2.27. The van der Waals surface area contributed by atoms with E-state index < -0.39 is 6.09 Å². The van der Waals surface area contributed by atoms with Gasteiger partial charge in [0.05, 0.1) is 5.69 Å². The average Bonchev–Trinajstić information content (AvgIpc) is 3.28. The molecule has 1 aromatic heterocycles. The monoisotopic (exact) mass is 318 g/mol. The lowest BCUT2D eigenvalue weighted by atomic mass is 10.1. The molecule has 1 aliphatic rings. The van der Waals surface area contributed by atoms with Gasteiger partial charge in [0.2, 0.25) is 0 Å². The minimum atomic E-state index is -1.25. The van der Waals surface area contributed by atoms with Gasteiger partial charge in [-0.05, 0) is 37.0 Å². The Morgan fingerprint density at radius 1 is 1.27 bits per heavy atom. The van der Waals surface area contributed by atoms with E-state index >= 15 is 0 Å². The smallest absolute Gasteiger partial charge is 0.409 e. The maximum atomic E-state index is 12.6. The van der Waals surface area contributed by atoms with Gasteiger partial charge in [0.25, 0.3) is 5.56 Å². The largest absolute Gasteiger partial charge is 0.465 e. The summed E-state index contributed by atoms with van der Waals surface area (Å²) in [5.74, 6) is 0.471. The number of pyridine rings is 1. The fourth-order valence-corrected chi connectivity index (χ4v) is 2.67. The third-order valence-electron chi connectivity index (χ3n) is 3.70. The van der Waals surface area contributed by atoms with Gasteiger partial charge in [0.1, 0.15) is 5.69 Å². The second-order valence-electron chi connectivity index (χ2n) is 5.40. The third-order valence-corrected chi connectivity index (χ3v) is 4.03. The van der Waals surface area contributed by atoms with Gasteiger partial charge in [-0.2, -0.15) is 0 Å². The molecule has 3 rings (SSSR count). The number of amides is 1. The quantitative estimate of drug-likeness (QED) is 0.903. The normalized spacial score (nSPS) is 13.9. The molecule has 2 aromatic rings. The summed E-state index contributed by atoms with van der Waals surface area (Å²) < 4.78 is 1.62. The van der Waals surface area contributed by atoms with Crippen LogP contribution >= 0.6 is 11.6 Å². The van der Waals surface area contributed by atoms with Gasteiger partial charge in [-0.25, -0.2) is 4.79 Å². The lowest BCUT2D eigenvalue weighted by Gasteiger charge is -2.15. The molecule has 1 amide bonds. The fourth-order valence-electron chi connectivity index (χ4n) is 2.43. The molecule has 1 fully saturated rings. The summed E-state index contributed by atoms with van der Waals surface area (Å²) in [6.07, 6.45) is 0.927. The van der Waals surface area contributed by atoms with Crippen molar-refractivity contribution in [2.24, 2.45) is 5.92 Å². The molecule has 1 aromatic carbocycles. The van der Waals surface area contributed by atoms with E-state index in [4.69, 9.17) is 16.7 Å². The number of aromatic nitrogens is 1. The van der Waals surface area contributed by atoms with Crippen LogP contribution in [0.15, 0.2) is 41.2 Å². The second-order valence-corrected chi connectivity index (χ2v) is 5.81. The topological polar surface area (TPSA) is 71.3 Å². The van der Waals surface area contributed by atoms with Crippen molar-refractivity contribution >= 4 is 23.4 Å². The molecule has 1 saturated carbocycles. The van der Waals surface area contributed by atoms with E-state index in [2.05, 4.69) is 5.32 Å². The highest BCUT2D eigenvalue weighted by atomic mass is 35.5. The van der Waals surface area contributed by atoms with Crippen molar-refractivity contribution < 1.29 is 9.90 Å². The molecular weight excluding hydrogens is 304 g/mol. The Bertz CT molecular complexity index is 781. The molecule has 0 radical (unpaired) electrons. The first-order chi connectivity index (χ1) is 10.6. The Balaban J connectivity index is 2.13. The number of benzene rings is 1. The SMILES string of the molecule is O=C(O)Nc1ccc(-c2ccccc2Cl)n(CC2CC2)c1=O. The van der Waals surface area contributed by atoms with Gasteiger partial charge in [-0.3, -0.25) is 10.1 Å². The van der Waals surface area contributed by atoms with Crippen LogP contribution in [0.4, 0.5) is 10.5 Å². The first kappa shape index (κ1) is 14.7. The van der Waals surface area contributed by atoms with Gasteiger partial charge in [0, 0.05) is 17.1 Å². The van der Waals surface area contributed by atoms with Gasteiger partial charge in [0.15, 0.2) is 0 Å². The summed E-state index contributed by atoms with van der Waals surface area (Å²) in [5.41, 5.74) is 1.19. The van der Waals surface area contributed by atoms with E-state index in [1.807, 2.05) is 18.2 Å². The summed E-state index contributed by atoms with van der Waals surface area (Å²) in [6, 6.07) is 10.5. The zero-order valence-corrected chi connectivity index (χ0v) is 12.5. The summed E-state index contributed by atoms with van der Waals surface area (Å²) >= 11 is 6.23. The van der Waals surface area contributed by atoms with Gasteiger partial charge < -0.3 is 9.67 Å². The Morgan fingerprint density at radius 2 is 2.00 bits per heavy atom. The van der Waals surface area contributed by atoms with Crippen molar-refractivity contribution in [3.8, 4) is 11.3 Å². The molecule has 5 nitrogen and oxygen atoms in total. The standard InChI is InChI=1S/C16H15ClN2O3/c17-12-4-2-1-3-11(12)14-8-7-13(18-16(21)22)15(20)19(14)9-10-5-6-10/h1-4,7-8,10,18H,5-6,9H2,(H,21,22). The summed E-state index contributed by atoms with van der Waals surface area (Å²) in [7, 11) is 0. The van der Waals surface area contributed by atoms with Crippen LogP contribution in [-0.4, -0.2) is 15.8 Å². The lowest BCUT2D eigenvalue weighted by molar-refractivity contribution is 0.209. The molecule has 0 atom stereocenters. The molecule has 22 heavy (non-hydrogen) atoms. The molecule has 0 unspecified atom stereocenters. The first-order valence-electron chi connectivity index (χ1n) is 7.05. The Kier molecular flexibility index (Phi) is 3.90. The number of nitrogens with zero attached hydrogens (tertiary/aromatic N) is 1. The number of hydrogen-bond acceptors (Lipinski definition) is 2. The number of anilines is 1. The Labute approximate surface area is 132 Å². The van der Waals surface area contributed by atoms with E-state index in [1.165, 1.54) is 6.07 Å². The summed E-state index contributed by atoms with van der Waals surface area (Å²) in [5, 5.41) is 11.5. The van der Waals surface area contributed by atoms with Gasteiger partial charge >= 0.3 is 6.09 Å². The number of nitrogens with one attached hydrogen (secondary N) is 1. The van der Waals surface area contributed by atoms with Gasteiger partial charge in [-0.1, -0.05) is 29.8 Å². The predicted molar refractivity (Wildman–Crippen MR) is 85.5 cm³/mol. The van der Waals surface area contributed by atoms with Crippen LogP contribution in [0.25, 0.3) is 11.3 Å². The highest BCUT2D eigenvalue weighted by Crippen LogP contribution is 2.33. The van der Waals surface area contributed by atoms with E-state index in [0.717, 1.165) is 18.4 Å². The number of halogens is 1. The van der Waals surface area contributed by atoms with E-state index in [0.29, 0.717) is 23.2 Å². The molecule has 0 bridgehead atoms. The maximum absolute atomic E-state index is 12.6. The van der Waals surface area contributed by atoms with E-state index in [-0.39, 0.29) is 11.2 Å². The van der Waals surface area contributed by atoms with Crippen molar-refractivity contribution in [3.63, 3.8) is 0 Å².